The smallest absolute Gasteiger partial charge is 0.123 e. The lowest BCUT2D eigenvalue weighted by Gasteiger charge is -2.33. The number of piperazine rings is 1. The molecule has 2 rings (SSSR count). The summed E-state index contributed by atoms with van der Waals surface area (Å²) in [6.07, 6.45) is 1.88. The van der Waals surface area contributed by atoms with E-state index in [0.717, 1.165) is 36.2 Å². The SMILES string of the molecule is C=C[C@H](c1cc(F)ccc1Br)N1CCNCC1.Cl. The molecule has 0 bridgehead atoms. The number of hydrogen-bond acceptors (Lipinski definition) is 2. The highest BCUT2D eigenvalue weighted by Crippen LogP contribution is 2.29. The zero-order valence-electron chi connectivity index (χ0n) is 10.0. The van der Waals surface area contributed by atoms with E-state index in [1.807, 2.05) is 6.08 Å². The van der Waals surface area contributed by atoms with Gasteiger partial charge in [0.1, 0.15) is 5.82 Å². The first-order chi connectivity index (χ1) is 8.22. The molecule has 2 nitrogen and oxygen atoms in total. The largest absolute Gasteiger partial charge is 0.314 e. The average molecular weight is 336 g/mol. The first-order valence-electron chi connectivity index (χ1n) is 5.74. The summed E-state index contributed by atoms with van der Waals surface area (Å²) in [5, 5.41) is 3.31. The average Bonchev–Trinajstić information content (AvgIpc) is 2.36. The quantitative estimate of drug-likeness (QED) is 0.854. The summed E-state index contributed by atoms with van der Waals surface area (Å²) >= 11 is 3.48. The molecule has 100 valence electrons. The van der Waals surface area contributed by atoms with Crippen LogP contribution in [0.3, 0.4) is 0 Å². The number of hydrogen-bond donors (Lipinski definition) is 1. The van der Waals surface area contributed by atoms with Crippen molar-refractivity contribution in [3.05, 3.63) is 46.7 Å². The molecule has 18 heavy (non-hydrogen) atoms. The molecule has 1 N–H and O–H groups in total. The maximum atomic E-state index is 13.3. The number of halogens is 3. The van der Waals surface area contributed by atoms with Crippen LogP contribution in [0.1, 0.15) is 11.6 Å². The molecule has 0 unspecified atom stereocenters. The Morgan fingerprint density at radius 1 is 1.39 bits per heavy atom. The molecule has 1 saturated heterocycles. The molecule has 0 amide bonds. The Bertz CT molecular complexity index is 408. The molecule has 1 aromatic carbocycles. The summed E-state index contributed by atoms with van der Waals surface area (Å²) in [5.74, 6) is -0.204. The fourth-order valence-electron chi connectivity index (χ4n) is 2.17. The van der Waals surface area contributed by atoms with Gasteiger partial charge in [0.15, 0.2) is 0 Å². The van der Waals surface area contributed by atoms with Crippen LogP contribution < -0.4 is 5.32 Å². The van der Waals surface area contributed by atoms with Crippen LogP contribution in [0, 0.1) is 5.82 Å². The number of benzene rings is 1. The van der Waals surface area contributed by atoms with Gasteiger partial charge in [-0.25, -0.2) is 4.39 Å². The Morgan fingerprint density at radius 3 is 2.67 bits per heavy atom. The van der Waals surface area contributed by atoms with Gasteiger partial charge < -0.3 is 5.32 Å². The predicted octanol–water partition coefficient (Wildman–Crippen LogP) is 3.14. The zero-order valence-corrected chi connectivity index (χ0v) is 12.4. The minimum atomic E-state index is -0.204. The predicted molar refractivity (Wildman–Crippen MR) is 78.7 cm³/mol. The lowest BCUT2D eigenvalue weighted by atomic mass is 10.0. The third-order valence-corrected chi connectivity index (χ3v) is 3.77. The summed E-state index contributed by atoms with van der Waals surface area (Å²) in [7, 11) is 0. The van der Waals surface area contributed by atoms with Gasteiger partial charge in [-0.2, -0.15) is 0 Å². The van der Waals surface area contributed by atoms with Gasteiger partial charge in [-0.05, 0) is 23.8 Å². The fourth-order valence-corrected chi connectivity index (χ4v) is 2.66. The molecule has 1 fully saturated rings. The van der Waals surface area contributed by atoms with Gasteiger partial charge in [0, 0.05) is 30.7 Å². The van der Waals surface area contributed by atoms with Crippen molar-refractivity contribution in [3.8, 4) is 0 Å². The van der Waals surface area contributed by atoms with Gasteiger partial charge in [0.05, 0.1) is 6.04 Å². The molecule has 0 aliphatic carbocycles. The third-order valence-electron chi connectivity index (χ3n) is 3.04. The van der Waals surface area contributed by atoms with Crippen LogP contribution in [0.4, 0.5) is 4.39 Å². The molecule has 1 aromatic rings. The van der Waals surface area contributed by atoms with E-state index in [1.165, 1.54) is 6.07 Å². The van der Waals surface area contributed by atoms with Crippen LogP contribution in [0.15, 0.2) is 35.3 Å². The first-order valence-corrected chi connectivity index (χ1v) is 6.54. The van der Waals surface area contributed by atoms with E-state index in [1.54, 1.807) is 12.1 Å². The Hall–Kier alpha value is -0.420. The van der Waals surface area contributed by atoms with E-state index < -0.39 is 0 Å². The van der Waals surface area contributed by atoms with Crippen molar-refractivity contribution in [2.24, 2.45) is 0 Å². The molecule has 5 heteroatoms. The van der Waals surface area contributed by atoms with Crippen LogP contribution in [-0.2, 0) is 0 Å². The normalized spacial score (nSPS) is 17.9. The van der Waals surface area contributed by atoms with Crippen LogP contribution in [0.2, 0.25) is 0 Å². The molecule has 1 aliphatic heterocycles. The molecule has 0 spiro atoms. The summed E-state index contributed by atoms with van der Waals surface area (Å²) in [6, 6.07) is 4.87. The topological polar surface area (TPSA) is 15.3 Å². The number of nitrogens with one attached hydrogen (secondary N) is 1. The van der Waals surface area contributed by atoms with Gasteiger partial charge in [0.25, 0.3) is 0 Å². The Morgan fingerprint density at radius 2 is 2.06 bits per heavy atom. The molecular weight excluding hydrogens is 319 g/mol. The molecular formula is C13H17BrClFN2. The standard InChI is InChI=1S/C13H16BrFN2.ClH/c1-2-13(17-7-5-16-6-8-17)11-9-10(15)3-4-12(11)14;/h2-4,9,13,16H,1,5-8H2;1H/t13-;/m1./s1. The van der Waals surface area contributed by atoms with E-state index in [2.05, 4.69) is 32.7 Å². The zero-order chi connectivity index (χ0) is 12.3. The second-order valence-corrected chi connectivity index (χ2v) is 4.99. The monoisotopic (exact) mass is 334 g/mol. The van der Waals surface area contributed by atoms with Crippen LogP contribution >= 0.6 is 28.3 Å². The lowest BCUT2D eigenvalue weighted by Crippen LogP contribution is -2.44. The first kappa shape index (κ1) is 15.6. The molecule has 1 atom stereocenters. The number of nitrogens with zero attached hydrogens (tertiary/aromatic N) is 1. The van der Waals surface area contributed by atoms with Crippen molar-refractivity contribution in [1.29, 1.82) is 0 Å². The highest BCUT2D eigenvalue weighted by molar-refractivity contribution is 9.10. The van der Waals surface area contributed by atoms with Gasteiger partial charge in [0.2, 0.25) is 0 Å². The Kier molecular flexibility index (Phi) is 6.29. The van der Waals surface area contributed by atoms with E-state index in [4.69, 9.17) is 0 Å². The van der Waals surface area contributed by atoms with Crippen LogP contribution in [-0.4, -0.2) is 31.1 Å². The highest BCUT2D eigenvalue weighted by Gasteiger charge is 2.21. The van der Waals surface area contributed by atoms with Crippen molar-refractivity contribution in [3.63, 3.8) is 0 Å². The second kappa shape index (κ2) is 7.24. The fraction of sp³-hybridized carbons (Fsp3) is 0.385. The lowest BCUT2D eigenvalue weighted by molar-refractivity contribution is 0.203. The Labute approximate surface area is 122 Å². The maximum Gasteiger partial charge on any atom is 0.123 e. The molecule has 0 saturated carbocycles. The summed E-state index contributed by atoms with van der Waals surface area (Å²) in [4.78, 5) is 2.31. The van der Waals surface area contributed by atoms with Crippen molar-refractivity contribution < 1.29 is 4.39 Å². The molecule has 1 heterocycles. The van der Waals surface area contributed by atoms with E-state index in [9.17, 15) is 4.39 Å². The van der Waals surface area contributed by atoms with Gasteiger partial charge in [-0.15, -0.1) is 19.0 Å². The number of rotatable bonds is 3. The molecule has 1 aliphatic rings. The van der Waals surface area contributed by atoms with Crippen LogP contribution in [0.5, 0.6) is 0 Å². The summed E-state index contributed by atoms with van der Waals surface area (Å²) in [5.41, 5.74) is 0.946. The van der Waals surface area contributed by atoms with Crippen molar-refractivity contribution in [2.45, 2.75) is 6.04 Å². The van der Waals surface area contributed by atoms with Gasteiger partial charge in [-0.3, -0.25) is 4.90 Å². The minimum Gasteiger partial charge on any atom is -0.314 e. The Balaban J connectivity index is 0.00000162. The van der Waals surface area contributed by atoms with E-state index >= 15 is 0 Å². The summed E-state index contributed by atoms with van der Waals surface area (Å²) < 4.78 is 14.3. The van der Waals surface area contributed by atoms with Crippen molar-refractivity contribution in [2.75, 3.05) is 26.2 Å². The van der Waals surface area contributed by atoms with E-state index in [0.29, 0.717) is 0 Å². The van der Waals surface area contributed by atoms with Crippen molar-refractivity contribution in [1.82, 2.24) is 10.2 Å². The van der Waals surface area contributed by atoms with Gasteiger partial charge in [-0.1, -0.05) is 22.0 Å². The van der Waals surface area contributed by atoms with Gasteiger partial charge >= 0.3 is 0 Å². The highest BCUT2D eigenvalue weighted by atomic mass is 79.9. The summed E-state index contributed by atoms with van der Waals surface area (Å²) in [6.45, 7) is 7.73. The van der Waals surface area contributed by atoms with E-state index in [-0.39, 0.29) is 24.3 Å². The second-order valence-electron chi connectivity index (χ2n) is 4.13. The molecule has 0 aromatic heterocycles. The molecule has 0 radical (unpaired) electrons. The maximum absolute atomic E-state index is 13.3. The third kappa shape index (κ3) is 3.54. The van der Waals surface area contributed by atoms with Crippen LogP contribution in [0.25, 0.3) is 0 Å². The van der Waals surface area contributed by atoms with Crippen molar-refractivity contribution >= 4 is 28.3 Å². The minimum absolute atomic E-state index is 0.